The summed E-state index contributed by atoms with van der Waals surface area (Å²) in [7, 11) is 0. The van der Waals surface area contributed by atoms with Gasteiger partial charge in [0.1, 0.15) is 5.82 Å². The van der Waals surface area contributed by atoms with Crippen molar-refractivity contribution < 1.29 is 9.18 Å². The average Bonchev–Trinajstić information content (AvgIpc) is 2.77. The van der Waals surface area contributed by atoms with Crippen molar-refractivity contribution in [2.45, 2.75) is 33.7 Å². The Morgan fingerprint density at radius 2 is 1.95 bits per heavy atom. The smallest absolute Gasteiger partial charge is 0.319 e. The second kappa shape index (κ2) is 7.06. The van der Waals surface area contributed by atoms with Crippen molar-refractivity contribution >= 4 is 11.7 Å². The van der Waals surface area contributed by atoms with Gasteiger partial charge in [-0.05, 0) is 57.0 Å². The summed E-state index contributed by atoms with van der Waals surface area (Å²) in [6.45, 7) is 7.43. The highest BCUT2D eigenvalue weighted by molar-refractivity contribution is 5.89. The van der Waals surface area contributed by atoms with E-state index in [0.29, 0.717) is 12.2 Å². The number of urea groups is 1. The Labute approximate surface area is 129 Å². The maximum atomic E-state index is 12.8. The molecule has 0 saturated carbocycles. The van der Waals surface area contributed by atoms with Crippen molar-refractivity contribution in [2.24, 2.45) is 0 Å². The third-order valence-corrected chi connectivity index (χ3v) is 3.59. The van der Waals surface area contributed by atoms with Gasteiger partial charge in [-0.1, -0.05) is 0 Å². The molecular weight excluding hydrogens is 283 g/mol. The standard InChI is InChI=1S/C16H21FN4O/c1-4-21-12(3)15(11(2)20-21)9-10-18-16(22)19-14-7-5-13(17)6-8-14/h5-8H,4,9-10H2,1-3H3,(H2,18,19,22). The SMILES string of the molecule is CCn1nc(C)c(CCNC(=O)Nc2ccc(F)cc2)c1C. The van der Waals surface area contributed by atoms with E-state index in [2.05, 4.69) is 22.7 Å². The lowest BCUT2D eigenvalue weighted by molar-refractivity contribution is 0.252. The molecule has 0 bridgehead atoms. The molecule has 118 valence electrons. The number of aromatic nitrogens is 2. The molecule has 0 fully saturated rings. The van der Waals surface area contributed by atoms with Crippen LogP contribution in [-0.4, -0.2) is 22.4 Å². The Hall–Kier alpha value is -2.37. The summed E-state index contributed by atoms with van der Waals surface area (Å²) in [5.74, 6) is -0.329. The summed E-state index contributed by atoms with van der Waals surface area (Å²) in [6.07, 6.45) is 0.731. The lowest BCUT2D eigenvalue weighted by Crippen LogP contribution is -2.30. The molecular formula is C16H21FN4O. The predicted molar refractivity (Wildman–Crippen MR) is 84.5 cm³/mol. The van der Waals surface area contributed by atoms with Gasteiger partial charge in [0.25, 0.3) is 0 Å². The zero-order chi connectivity index (χ0) is 16.1. The fourth-order valence-electron chi connectivity index (χ4n) is 2.41. The molecule has 5 nitrogen and oxygen atoms in total. The molecule has 2 aromatic rings. The van der Waals surface area contributed by atoms with Crippen LogP contribution in [0.25, 0.3) is 0 Å². The summed E-state index contributed by atoms with van der Waals surface area (Å²) in [5, 5.41) is 9.91. The Balaban J connectivity index is 1.84. The summed E-state index contributed by atoms with van der Waals surface area (Å²) in [4.78, 5) is 11.8. The molecule has 2 N–H and O–H groups in total. The average molecular weight is 304 g/mol. The Morgan fingerprint density at radius 1 is 1.27 bits per heavy atom. The second-order valence-electron chi connectivity index (χ2n) is 5.10. The molecule has 0 aliphatic carbocycles. The van der Waals surface area contributed by atoms with Crippen LogP contribution >= 0.6 is 0 Å². The largest absolute Gasteiger partial charge is 0.338 e. The van der Waals surface area contributed by atoms with Gasteiger partial charge in [-0.3, -0.25) is 4.68 Å². The zero-order valence-corrected chi connectivity index (χ0v) is 13.1. The van der Waals surface area contributed by atoms with Crippen molar-refractivity contribution in [3.63, 3.8) is 0 Å². The number of halogens is 1. The number of carbonyl (C=O) groups excluding carboxylic acids is 1. The van der Waals surface area contributed by atoms with Gasteiger partial charge in [0.2, 0.25) is 0 Å². The molecule has 2 rings (SSSR count). The number of hydrogen-bond donors (Lipinski definition) is 2. The van der Waals surface area contributed by atoms with Gasteiger partial charge in [0, 0.05) is 24.5 Å². The van der Waals surface area contributed by atoms with Crippen LogP contribution in [0, 0.1) is 19.7 Å². The van der Waals surface area contributed by atoms with Gasteiger partial charge in [-0.2, -0.15) is 5.10 Å². The normalized spacial score (nSPS) is 10.5. The summed E-state index contributed by atoms with van der Waals surface area (Å²) in [5.41, 5.74) is 3.87. The maximum absolute atomic E-state index is 12.8. The third kappa shape index (κ3) is 3.84. The Kier molecular flexibility index (Phi) is 5.14. The summed E-state index contributed by atoms with van der Waals surface area (Å²) < 4.78 is 14.7. The molecule has 22 heavy (non-hydrogen) atoms. The molecule has 0 unspecified atom stereocenters. The first-order valence-electron chi connectivity index (χ1n) is 7.34. The fraction of sp³-hybridized carbons (Fsp3) is 0.375. The Bertz CT molecular complexity index is 649. The topological polar surface area (TPSA) is 59.0 Å². The first-order chi connectivity index (χ1) is 10.5. The van der Waals surface area contributed by atoms with Crippen LogP contribution in [0.4, 0.5) is 14.9 Å². The number of anilines is 1. The highest BCUT2D eigenvalue weighted by Crippen LogP contribution is 2.13. The van der Waals surface area contributed by atoms with E-state index < -0.39 is 0 Å². The van der Waals surface area contributed by atoms with E-state index in [1.54, 1.807) is 0 Å². The molecule has 2 amide bonds. The minimum Gasteiger partial charge on any atom is -0.338 e. The maximum Gasteiger partial charge on any atom is 0.319 e. The van der Waals surface area contributed by atoms with E-state index in [1.165, 1.54) is 29.8 Å². The van der Waals surface area contributed by atoms with Gasteiger partial charge in [-0.25, -0.2) is 9.18 Å². The minimum atomic E-state index is -0.329. The number of aryl methyl sites for hydroxylation is 2. The first-order valence-corrected chi connectivity index (χ1v) is 7.34. The Morgan fingerprint density at radius 3 is 2.55 bits per heavy atom. The minimum absolute atomic E-state index is 0.301. The summed E-state index contributed by atoms with van der Waals surface area (Å²) in [6, 6.07) is 5.36. The van der Waals surface area contributed by atoms with Crippen molar-refractivity contribution in [2.75, 3.05) is 11.9 Å². The lowest BCUT2D eigenvalue weighted by atomic mass is 10.1. The van der Waals surface area contributed by atoms with E-state index in [-0.39, 0.29) is 11.8 Å². The number of nitrogens with zero attached hydrogens (tertiary/aromatic N) is 2. The number of nitrogens with one attached hydrogen (secondary N) is 2. The van der Waals surface area contributed by atoms with E-state index in [0.717, 1.165) is 24.4 Å². The number of amides is 2. The van der Waals surface area contributed by atoms with Gasteiger partial charge in [0.05, 0.1) is 5.69 Å². The van der Waals surface area contributed by atoms with E-state index in [9.17, 15) is 9.18 Å². The molecule has 6 heteroatoms. The molecule has 1 heterocycles. The van der Waals surface area contributed by atoms with Crippen LogP contribution in [0.2, 0.25) is 0 Å². The number of benzene rings is 1. The van der Waals surface area contributed by atoms with Crippen LogP contribution in [0.15, 0.2) is 24.3 Å². The number of rotatable bonds is 5. The molecule has 0 aliphatic rings. The quantitative estimate of drug-likeness (QED) is 0.892. The van der Waals surface area contributed by atoms with Crippen LogP contribution in [0.5, 0.6) is 0 Å². The molecule has 0 radical (unpaired) electrons. The van der Waals surface area contributed by atoms with Crippen molar-refractivity contribution in [3.8, 4) is 0 Å². The van der Waals surface area contributed by atoms with Crippen molar-refractivity contribution in [3.05, 3.63) is 47.0 Å². The number of hydrogen-bond acceptors (Lipinski definition) is 2. The molecule has 1 aromatic carbocycles. The van der Waals surface area contributed by atoms with Crippen molar-refractivity contribution in [1.82, 2.24) is 15.1 Å². The van der Waals surface area contributed by atoms with Gasteiger partial charge < -0.3 is 10.6 Å². The van der Waals surface area contributed by atoms with Gasteiger partial charge in [-0.15, -0.1) is 0 Å². The van der Waals surface area contributed by atoms with Crippen LogP contribution < -0.4 is 10.6 Å². The second-order valence-corrected chi connectivity index (χ2v) is 5.10. The monoisotopic (exact) mass is 304 g/mol. The summed E-state index contributed by atoms with van der Waals surface area (Å²) >= 11 is 0. The number of carbonyl (C=O) groups is 1. The molecule has 0 atom stereocenters. The molecule has 1 aromatic heterocycles. The lowest BCUT2D eigenvalue weighted by Gasteiger charge is -2.08. The fourth-order valence-corrected chi connectivity index (χ4v) is 2.41. The molecule has 0 spiro atoms. The first kappa shape index (κ1) is 16.0. The van der Waals surface area contributed by atoms with Crippen LogP contribution in [0.1, 0.15) is 23.9 Å². The van der Waals surface area contributed by atoms with Crippen LogP contribution in [0.3, 0.4) is 0 Å². The molecule has 0 saturated heterocycles. The third-order valence-electron chi connectivity index (χ3n) is 3.59. The van der Waals surface area contributed by atoms with E-state index >= 15 is 0 Å². The molecule has 0 aliphatic heterocycles. The zero-order valence-electron chi connectivity index (χ0n) is 13.1. The highest BCUT2D eigenvalue weighted by Gasteiger charge is 2.10. The van der Waals surface area contributed by atoms with Crippen LogP contribution in [-0.2, 0) is 13.0 Å². The highest BCUT2D eigenvalue weighted by atomic mass is 19.1. The predicted octanol–water partition coefficient (Wildman–Crippen LogP) is 3.02. The van der Waals surface area contributed by atoms with Crippen molar-refractivity contribution in [1.29, 1.82) is 0 Å². The van der Waals surface area contributed by atoms with E-state index in [1.807, 2.05) is 18.5 Å². The van der Waals surface area contributed by atoms with Gasteiger partial charge >= 0.3 is 6.03 Å². The van der Waals surface area contributed by atoms with Gasteiger partial charge in [0.15, 0.2) is 0 Å². The van der Waals surface area contributed by atoms with E-state index in [4.69, 9.17) is 0 Å².